The first-order chi connectivity index (χ1) is 6.72. The predicted molar refractivity (Wildman–Crippen MR) is 60.2 cm³/mol. The zero-order chi connectivity index (χ0) is 10.4. The summed E-state index contributed by atoms with van der Waals surface area (Å²) >= 11 is 0. The molecule has 2 N–H and O–H groups in total. The second-order valence-electron chi connectivity index (χ2n) is 4.94. The van der Waals surface area contributed by atoms with Gasteiger partial charge in [0, 0.05) is 19.8 Å². The molecule has 1 aliphatic carbocycles. The molecule has 0 radical (unpaired) electrons. The van der Waals surface area contributed by atoms with Crippen LogP contribution in [0.2, 0.25) is 0 Å². The molecule has 84 valence electrons. The Morgan fingerprint density at radius 3 is 2.57 bits per heavy atom. The molecule has 0 amide bonds. The van der Waals surface area contributed by atoms with Crippen molar-refractivity contribution in [1.82, 2.24) is 0 Å². The Balaban J connectivity index is 2.10. The fourth-order valence-corrected chi connectivity index (χ4v) is 2.64. The maximum absolute atomic E-state index is 6.13. The Bertz CT molecular complexity index is 143. The highest BCUT2D eigenvalue weighted by Crippen LogP contribution is 2.29. The SMILES string of the molecule is COCC(C)CC(N)CC1CCCC1. The fraction of sp³-hybridized carbons (Fsp3) is 1.00. The summed E-state index contributed by atoms with van der Waals surface area (Å²) in [6.45, 7) is 3.07. The molecule has 0 aromatic carbocycles. The first kappa shape index (κ1) is 12.0. The molecule has 2 nitrogen and oxygen atoms in total. The van der Waals surface area contributed by atoms with Crippen molar-refractivity contribution < 1.29 is 4.74 Å². The summed E-state index contributed by atoms with van der Waals surface area (Å²) in [6, 6.07) is 0.392. The Kier molecular flexibility index (Phi) is 5.49. The van der Waals surface area contributed by atoms with Crippen LogP contribution >= 0.6 is 0 Å². The van der Waals surface area contributed by atoms with Crippen molar-refractivity contribution in [2.75, 3.05) is 13.7 Å². The van der Waals surface area contributed by atoms with E-state index in [0.29, 0.717) is 12.0 Å². The third-order valence-corrected chi connectivity index (χ3v) is 3.27. The summed E-state index contributed by atoms with van der Waals surface area (Å²) in [7, 11) is 1.76. The van der Waals surface area contributed by atoms with Gasteiger partial charge in [0.05, 0.1) is 0 Å². The summed E-state index contributed by atoms with van der Waals surface area (Å²) in [5.74, 6) is 1.52. The van der Waals surface area contributed by atoms with E-state index in [4.69, 9.17) is 10.5 Å². The van der Waals surface area contributed by atoms with Crippen LogP contribution in [0.4, 0.5) is 0 Å². The number of rotatable bonds is 6. The van der Waals surface area contributed by atoms with Gasteiger partial charge in [-0.15, -0.1) is 0 Å². The third kappa shape index (κ3) is 4.43. The molecule has 1 aliphatic rings. The topological polar surface area (TPSA) is 35.2 Å². The van der Waals surface area contributed by atoms with E-state index in [1.165, 1.54) is 32.1 Å². The highest BCUT2D eigenvalue weighted by atomic mass is 16.5. The van der Waals surface area contributed by atoms with Crippen LogP contribution in [0.3, 0.4) is 0 Å². The van der Waals surface area contributed by atoms with Crippen LogP contribution in [0.25, 0.3) is 0 Å². The molecule has 0 heterocycles. The quantitative estimate of drug-likeness (QED) is 0.713. The van der Waals surface area contributed by atoms with E-state index in [1.54, 1.807) is 7.11 Å². The minimum absolute atomic E-state index is 0.392. The van der Waals surface area contributed by atoms with Gasteiger partial charge in [0.1, 0.15) is 0 Å². The van der Waals surface area contributed by atoms with Gasteiger partial charge >= 0.3 is 0 Å². The van der Waals surface area contributed by atoms with Crippen LogP contribution in [-0.2, 0) is 4.74 Å². The average molecular weight is 199 g/mol. The van der Waals surface area contributed by atoms with E-state index in [1.807, 2.05) is 0 Å². The average Bonchev–Trinajstić information content (AvgIpc) is 2.56. The smallest absolute Gasteiger partial charge is 0.0488 e. The zero-order valence-electron chi connectivity index (χ0n) is 9.67. The van der Waals surface area contributed by atoms with Gasteiger partial charge < -0.3 is 10.5 Å². The van der Waals surface area contributed by atoms with Crippen LogP contribution in [0.1, 0.15) is 45.4 Å². The van der Waals surface area contributed by atoms with Gasteiger partial charge in [-0.3, -0.25) is 0 Å². The van der Waals surface area contributed by atoms with E-state index in [-0.39, 0.29) is 0 Å². The van der Waals surface area contributed by atoms with Gasteiger partial charge in [-0.1, -0.05) is 32.6 Å². The molecule has 1 saturated carbocycles. The summed E-state index contributed by atoms with van der Waals surface area (Å²) in [4.78, 5) is 0. The number of hydrogen-bond donors (Lipinski definition) is 1. The van der Waals surface area contributed by atoms with Gasteiger partial charge in [-0.25, -0.2) is 0 Å². The van der Waals surface area contributed by atoms with Gasteiger partial charge in [0.15, 0.2) is 0 Å². The first-order valence-corrected chi connectivity index (χ1v) is 5.97. The number of ether oxygens (including phenoxy) is 1. The minimum Gasteiger partial charge on any atom is -0.384 e. The van der Waals surface area contributed by atoms with Crippen LogP contribution in [0.15, 0.2) is 0 Å². The first-order valence-electron chi connectivity index (χ1n) is 5.97. The molecule has 0 spiro atoms. The molecular weight excluding hydrogens is 174 g/mol. The molecular formula is C12H25NO. The monoisotopic (exact) mass is 199 g/mol. The Morgan fingerprint density at radius 2 is 2.00 bits per heavy atom. The Hall–Kier alpha value is -0.0800. The minimum atomic E-state index is 0.392. The van der Waals surface area contributed by atoms with Crippen molar-refractivity contribution in [3.8, 4) is 0 Å². The Morgan fingerprint density at radius 1 is 1.36 bits per heavy atom. The van der Waals surface area contributed by atoms with Gasteiger partial charge in [0.2, 0.25) is 0 Å². The lowest BCUT2D eigenvalue weighted by molar-refractivity contribution is 0.150. The highest BCUT2D eigenvalue weighted by Gasteiger charge is 2.19. The van der Waals surface area contributed by atoms with Crippen molar-refractivity contribution in [1.29, 1.82) is 0 Å². The molecule has 2 unspecified atom stereocenters. The van der Waals surface area contributed by atoms with Gasteiger partial charge in [0.25, 0.3) is 0 Å². The highest BCUT2D eigenvalue weighted by molar-refractivity contribution is 4.74. The molecule has 14 heavy (non-hydrogen) atoms. The van der Waals surface area contributed by atoms with Crippen LogP contribution in [0, 0.1) is 11.8 Å². The van der Waals surface area contributed by atoms with E-state index in [0.717, 1.165) is 18.9 Å². The molecule has 0 aromatic rings. The summed E-state index contributed by atoms with van der Waals surface area (Å²) in [5.41, 5.74) is 6.13. The molecule has 0 aliphatic heterocycles. The maximum Gasteiger partial charge on any atom is 0.0488 e. The van der Waals surface area contributed by atoms with Crippen LogP contribution in [-0.4, -0.2) is 19.8 Å². The van der Waals surface area contributed by atoms with E-state index in [9.17, 15) is 0 Å². The number of methoxy groups -OCH3 is 1. The second kappa shape index (κ2) is 6.41. The van der Waals surface area contributed by atoms with Crippen molar-refractivity contribution in [2.45, 2.75) is 51.5 Å². The lowest BCUT2D eigenvalue weighted by Crippen LogP contribution is -2.26. The molecule has 0 bridgehead atoms. The van der Waals surface area contributed by atoms with Crippen molar-refractivity contribution in [3.63, 3.8) is 0 Å². The lowest BCUT2D eigenvalue weighted by atomic mass is 9.93. The van der Waals surface area contributed by atoms with Crippen molar-refractivity contribution in [2.24, 2.45) is 17.6 Å². The van der Waals surface area contributed by atoms with Gasteiger partial charge in [-0.2, -0.15) is 0 Å². The number of hydrogen-bond acceptors (Lipinski definition) is 2. The van der Waals surface area contributed by atoms with Crippen LogP contribution in [0.5, 0.6) is 0 Å². The summed E-state index contributed by atoms with van der Waals surface area (Å²) < 4.78 is 5.12. The van der Waals surface area contributed by atoms with E-state index in [2.05, 4.69) is 6.92 Å². The number of nitrogens with two attached hydrogens (primary N) is 1. The Labute approximate surface area is 88.2 Å². The van der Waals surface area contributed by atoms with Crippen LogP contribution < -0.4 is 5.73 Å². The molecule has 2 heteroatoms. The molecule has 0 aromatic heterocycles. The zero-order valence-corrected chi connectivity index (χ0v) is 9.67. The van der Waals surface area contributed by atoms with Gasteiger partial charge in [-0.05, 0) is 24.7 Å². The van der Waals surface area contributed by atoms with E-state index >= 15 is 0 Å². The second-order valence-corrected chi connectivity index (χ2v) is 4.94. The summed E-state index contributed by atoms with van der Waals surface area (Å²) in [6.07, 6.45) is 8.01. The molecule has 1 fully saturated rings. The maximum atomic E-state index is 6.13. The normalized spacial score (nSPS) is 22.5. The lowest BCUT2D eigenvalue weighted by Gasteiger charge is -2.19. The molecule has 2 atom stereocenters. The standard InChI is InChI=1S/C12H25NO/c1-10(9-14-2)7-12(13)8-11-5-3-4-6-11/h10-12H,3-9,13H2,1-2H3. The summed E-state index contributed by atoms with van der Waals surface area (Å²) in [5, 5.41) is 0. The van der Waals surface area contributed by atoms with Crippen molar-refractivity contribution in [3.05, 3.63) is 0 Å². The predicted octanol–water partition coefficient (Wildman–Crippen LogP) is 2.57. The molecule has 0 saturated heterocycles. The largest absolute Gasteiger partial charge is 0.384 e. The van der Waals surface area contributed by atoms with Crippen molar-refractivity contribution >= 4 is 0 Å². The third-order valence-electron chi connectivity index (χ3n) is 3.27. The van der Waals surface area contributed by atoms with E-state index < -0.39 is 0 Å². The fourth-order valence-electron chi connectivity index (χ4n) is 2.64. The molecule has 1 rings (SSSR count).